The summed E-state index contributed by atoms with van der Waals surface area (Å²) in [6.07, 6.45) is 0. The van der Waals surface area contributed by atoms with E-state index in [0.29, 0.717) is 8.88 Å². The maximum absolute atomic E-state index is 3.40. The summed E-state index contributed by atoms with van der Waals surface area (Å²) in [5.41, 5.74) is 0. The van der Waals surface area contributed by atoms with Crippen molar-refractivity contribution in [3.8, 4) is 0 Å². The molecule has 0 saturated heterocycles. The summed E-state index contributed by atoms with van der Waals surface area (Å²) in [6, 6.07) is 0. The zero-order chi connectivity index (χ0) is 2.12. The van der Waals surface area contributed by atoms with E-state index in [9.17, 15) is 0 Å². The Morgan fingerprint density at radius 3 is 1.50 bits per heavy atom. The van der Waals surface area contributed by atoms with Gasteiger partial charge in [0, 0.05) is 38.6 Å². The van der Waals surface area contributed by atoms with E-state index < -0.39 is 0 Å². The Bertz CT molecular complexity index is 29.0. The summed E-state index contributed by atoms with van der Waals surface area (Å²) in [5, 5.41) is 0. The first-order chi connectivity index (χ1) is 1.50. The quantitative estimate of drug-likeness (QED) is 0.542. The fraction of sp³-hybridized carbons (Fsp3) is 0. The molecular weight excluding hydrogens is 218 g/mol. The van der Waals surface area contributed by atoms with Crippen LogP contribution in [0.3, 0.4) is 0 Å². The van der Waals surface area contributed by atoms with E-state index in [-0.39, 0.29) is 38.6 Å². The third-order valence-electron chi connectivity index (χ3n) is 0.100. The molecule has 1 heterocycles. The first kappa shape index (κ1) is 5.32. The van der Waals surface area contributed by atoms with E-state index in [1.54, 1.807) is 0 Å². The molecule has 0 aromatic rings. The first-order valence-electron chi connectivity index (χ1n) is 0.647. The van der Waals surface area contributed by atoms with E-state index in [1.165, 1.54) is 0 Å². The molecule has 0 spiro atoms. The Kier molecular flexibility index (Phi) is 3.39. The second kappa shape index (κ2) is 2.55. The SMILES string of the molecule is N1=NP1.[Tb]. The van der Waals surface area contributed by atoms with Crippen LogP contribution in [0.1, 0.15) is 0 Å². The van der Waals surface area contributed by atoms with Crippen LogP contribution in [0.15, 0.2) is 9.77 Å². The molecule has 0 N–H and O–H groups in total. The third-order valence-corrected chi connectivity index (χ3v) is 0.300. The fourth-order valence-electron chi connectivity index (χ4n) is 0. The summed E-state index contributed by atoms with van der Waals surface area (Å²) in [7, 11) is 0.583. The summed E-state index contributed by atoms with van der Waals surface area (Å²) in [5.74, 6) is 0. The minimum atomic E-state index is 0. The molecule has 1 aliphatic heterocycles. The topological polar surface area (TPSA) is 24.7 Å². The third kappa shape index (κ3) is 3.32. The first-order valence-corrected chi connectivity index (χ1v) is 1.54. The summed E-state index contributed by atoms with van der Waals surface area (Å²) < 4.78 is 0. The van der Waals surface area contributed by atoms with Gasteiger partial charge in [-0.05, 0) is 0 Å². The monoisotopic (exact) mass is 219 g/mol. The smallest absolute Gasteiger partial charge is 0.142 e. The van der Waals surface area contributed by atoms with Gasteiger partial charge in [-0.3, -0.25) is 0 Å². The van der Waals surface area contributed by atoms with Gasteiger partial charge < -0.3 is 0 Å². The van der Waals surface area contributed by atoms with Gasteiger partial charge in [0.1, 0.15) is 0 Å². The molecule has 0 unspecified atom stereocenters. The Labute approximate surface area is 56.8 Å². The molecule has 0 aliphatic carbocycles. The van der Waals surface area contributed by atoms with Crippen molar-refractivity contribution in [1.29, 1.82) is 0 Å². The molecule has 0 amide bonds. The largest absolute Gasteiger partial charge is 0.171 e. The number of hydrogen-bond acceptors (Lipinski definition) is 2. The van der Waals surface area contributed by atoms with Crippen LogP contribution in [0.25, 0.3) is 0 Å². The van der Waals surface area contributed by atoms with Gasteiger partial charge in [0.15, 0.2) is 8.88 Å². The predicted molar refractivity (Wildman–Crippen MR) is 13.2 cm³/mol. The van der Waals surface area contributed by atoms with Crippen molar-refractivity contribution in [2.24, 2.45) is 9.77 Å². The van der Waals surface area contributed by atoms with Gasteiger partial charge in [0.2, 0.25) is 0 Å². The van der Waals surface area contributed by atoms with Crippen molar-refractivity contribution in [1.82, 2.24) is 0 Å². The average molecular weight is 219 g/mol. The molecule has 1 radical (unpaired) electrons. The van der Waals surface area contributed by atoms with Gasteiger partial charge in [-0.2, -0.15) is 0 Å². The Hall–Kier alpha value is 1.32. The van der Waals surface area contributed by atoms with E-state index >= 15 is 0 Å². The van der Waals surface area contributed by atoms with Crippen molar-refractivity contribution in [3.63, 3.8) is 0 Å². The van der Waals surface area contributed by atoms with E-state index in [2.05, 4.69) is 9.77 Å². The summed E-state index contributed by atoms with van der Waals surface area (Å²) in [4.78, 5) is 6.81. The maximum atomic E-state index is 3.40. The van der Waals surface area contributed by atoms with Crippen LogP contribution in [-0.2, 0) is 0 Å². The standard InChI is InChI=1S/HN2P.Tb/c1-2-3-1;/h3H;. The summed E-state index contributed by atoms with van der Waals surface area (Å²) >= 11 is 0. The number of nitrogens with zero attached hydrogens (tertiary/aromatic N) is 2. The van der Waals surface area contributed by atoms with Gasteiger partial charge in [-0.15, -0.1) is 9.77 Å². The molecule has 1 aliphatic rings. The minimum absolute atomic E-state index is 0. The van der Waals surface area contributed by atoms with E-state index in [1.807, 2.05) is 0 Å². The van der Waals surface area contributed by atoms with Crippen LogP contribution in [0.4, 0.5) is 0 Å². The second-order valence-corrected chi connectivity index (χ2v) is 0.900. The fourth-order valence-corrected chi connectivity index (χ4v) is 0. The Morgan fingerprint density at radius 2 is 1.50 bits per heavy atom. The molecular formula is HN2PTb. The van der Waals surface area contributed by atoms with Crippen LogP contribution in [0.2, 0.25) is 0 Å². The molecule has 0 bridgehead atoms. The zero-order valence-corrected chi connectivity index (χ0v) is 4.87. The Morgan fingerprint density at radius 1 is 1.25 bits per heavy atom. The van der Waals surface area contributed by atoms with Crippen LogP contribution >= 0.6 is 8.88 Å². The zero-order valence-electron chi connectivity index (χ0n) is 1.73. The minimum Gasteiger partial charge on any atom is -0.142 e. The number of hydrogen-bond donors (Lipinski definition) is 0. The van der Waals surface area contributed by atoms with Crippen molar-refractivity contribution in [2.75, 3.05) is 0 Å². The van der Waals surface area contributed by atoms with Gasteiger partial charge in [-0.25, -0.2) is 0 Å². The molecule has 2 nitrogen and oxygen atoms in total. The predicted octanol–water partition coefficient (Wildman–Crippen LogP) is 0.961. The molecule has 0 atom stereocenters. The maximum Gasteiger partial charge on any atom is 0.171 e. The van der Waals surface area contributed by atoms with Crippen LogP contribution in [0, 0.1) is 38.6 Å². The molecule has 1 rings (SSSR count). The molecule has 0 aromatic heterocycles. The van der Waals surface area contributed by atoms with E-state index in [0.717, 1.165) is 0 Å². The Balaban J connectivity index is 0.0000000900. The van der Waals surface area contributed by atoms with Crippen molar-refractivity contribution >= 4 is 8.88 Å². The van der Waals surface area contributed by atoms with Gasteiger partial charge >= 0.3 is 0 Å². The van der Waals surface area contributed by atoms with Crippen molar-refractivity contribution in [3.05, 3.63) is 0 Å². The second-order valence-electron chi connectivity index (χ2n) is 0.300. The molecule has 0 fully saturated rings. The molecule has 25 valence electrons. The van der Waals surface area contributed by atoms with Gasteiger partial charge in [0.25, 0.3) is 0 Å². The molecule has 0 saturated carbocycles. The molecule has 0 aromatic carbocycles. The van der Waals surface area contributed by atoms with Crippen LogP contribution in [0.5, 0.6) is 0 Å². The van der Waals surface area contributed by atoms with Crippen molar-refractivity contribution < 1.29 is 38.6 Å². The summed E-state index contributed by atoms with van der Waals surface area (Å²) in [6.45, 7) is 0. The van der Waals surface area contributed by atoms with Crippen LogP contribution in [-0.4, -0.2) is 0 Å². The molecule has 4 heavy (non-hydrogen) atoms. The average Bonchev–Trinajstić information content (AvgIpc) is 1.46. The van der Waals surface area contributed by atoms with Crippen molar-refractivity contribution in [2.45, 2.75) is 0 Å². The van der Waals surface area contributed by atoms with Crippen LogP contribution < -0.4 is 0 Å². The van der Waals surface area contributed by atoms with Gasteiger partial charge in [0.05, 0.1) is 0 Å². The van der Waals surface area contributed by atoms with E-state index in [4.69, 9.17) is 0 Å². The molecule has 4 heteroatoms. The van der Waals surface area contributed by atoms with Gasteiger partial charge in [-0.1, -0.05) is 0 Å². The number of rotatable bonds is 0. The normalized spacial score (nSPS) is 14.0.